The molecule has 0 radical (unpaired) electrons. The van der Waals surface area contributed by atoms with E-state index in [4.69, 9.17) is 0 Å². The summed E-state index contributed by atoms with van der Waals surface area (Å²) in [5.41, 5.74) is -5.62. The summed E-state index contributed by atoms with van der Waals surface area (Å²) < 4.78 is 61.4. The zero-order valence-electron chi connectivity index (χ0n) is 18.0. The van der Waals surface area contributed by atoms with E-state index >= 15 is 0 Å². The number of halogens is 4. The van der Waals surface area contributed by atoms with Crippen molar-refractivity contribution in [3.8, 4) is 0 Å². The molecule has 8 nitrogen and oxygen atoms in total. The lowest BCUT2D eigenvalue weighted by atomic mass is 9.98. The Morgan fingerprint density at radius 3 is 2.17 bits per heavy atom. The van der Waals surface area contributed by atoms with Crippen LogP contribution in [0.4, 0.5) is 13.2 Å². The highest BCUT2D eigenvalue weighted by molar-refractivity contribution is 14.0. The molecule has 0 aliphatic carbocycles. The van der Waals surface area contributed by atoms with Crippen LogP contribution in [0.5, 0.6) is 0 Å². The Labute approximate surface area is 194 Å². The van der Waals surface area contributed by atoms with E-state index in [1.54, 1.807) is 11.9 Å². The van der Waals surface area contributed by atoms with Gasteiger partial charge in [0.2, 0.25) is 5.91 Å². The second kappa shape index (κ2) is 11.7. The van der Waals surface area contributed by atoms with Gasteiger partial charge < -0.3 is 15.5 Å². The minimum atomic E-state index is -5.27. The average Bonchev–Trinajstić information content (AvgIpc) is 2.56. The maximum Gasteiger partial charge on any atom is 0.511 e. The van der Waals surface area contributed by atoms with E-state index in [0.29, 0.717) is 36.2 Å². The smallest absolute Gasteiger partial charge is 0.357 e. The first-order valence-electron chi connectivity index (χ1n) is 9.54. The molecule has 1 rings (SSSR count). The van der Waals surface area contributed by atoms with Crippen LogP contribution in [0.1, 0.15) is 40.5 Å². The fourth-order valence-electron chi connectivity index (χ4n) is 2.91. The predicted octanol–water partition coefficient (Wildman–Crippen LogP) is 1.98. The number of carbonyl (C=O) groups is 1. The van der Waals surface area contributed by atoms with Crippen molar-refractivity contribution in [1.29, 1.82) is 0 Å². The number of alkyl halides is 3. The fourth-order valence-corrected chi connectivity index (χ4v) is 3.90. The number of nitrogens with zero attached hydrogens (tertiary/aromatic N) is 3. The van der Waals surface area contributed by atoms with Crippen molar-refractivity contribution in [2.45, 2.75) is 51.6 Å². The number of aliphatic imine (C=N–C) groups is 1. The number of hydrogen-bond acceptors (Lipinski definition) is 4. The van der Waals surface area contributed by atoms with Crippen molar-refractivity contribution < 1.29 is 26.4 Å². The fraction of sp³-hybridized carbons (Fsp3) is 0.882. The van der Waals surface area contributed by atoms with E-state index in [2.05, 4.69) is 15.6 Å². The van der Waals surface area contributed by atoms with Gasteiger partial charge in [0.1, 0.15) is 0 Å². The van der Waals surface area contributed by atoms with Crippen molar-refractivity contribution in [2.75, 3.05) is 39.8 Å². The van der Waals surface area contributed by atoms with Crippen molar-refractivity contribution in [1.82, 2.24) is 19.8 Å². The molecule has 30 heavy (non-hydrogen) atoms. The molecule has 0 saturated carbocycles. The van der Waals surface area contributed by atoms with Crippen LogP contribution in [0.2, 0.25) is 0 Å². The molecule has 0 aromatic carbocycles. The molecular formula is C17H33F3IN5O3S. The minimum Gasteiger partial charge on any atom is -0.357 e. The zero-order valence-corrected chi connectivity index (χ0v) is 21.2. The molecule has 0 aromatic heterocycles. The van der Waals surface area contributed by atoms with Crippen LogP contribution in [0.15, 0.2) is 4.99 Å². The molecule has 0 aromatic rings. The lowest BCUT2D eigenvalue weighted by molar-refractivity contribution is -0.122. The Morgan fingerprint density at radius 1 is 1.20 bits per heavy atom. The standard InChI is InChI=1S/C17H32F3N5O3S.HI/c1-6-21-15(24(5)12-14(26)23-16(2,3)4)22-11-13-7-9-25(10-8-13)29(27,28)17(18,19)20;/h13H,6-12H2,1-5H3,(H,21,22)(H,23,26);1H. The number of hydrogen-bond donors (Lipinski definition) is 2. The third-order valence-electron chi connectivity index (χ3n) is 4.30. The monoisotopic (exact) mass is 571 g/mol. The maximum atomic E-state index is 12.7. The lowest BCUT2D eigenvalue weighted by Gasteiger charge is -2.31. The van der Waals surface area contributed by atoms with E-state index in [1.165, 1.54) is 0 Å². The normalized spacial score (nSPS) is 17.3. The molecule has 1 amide bonds. The van der Waals surface area contributed by atoms with Crippen LogP contribution in [-0.2, 0) is 14.8 Å². The van der Waals surface area contributed by atoms with E-state index in [1.807, 2.05) is 27.7 Å². The van der Waals surface area contributed by atoms with E-state index < -0.39 is 15.5 Å². The maximum absolute atomic E-state index is 12.7. The molecule has 178 valence electrons. The van der Waals surface area contributed by atoms with Crippen LogP contribution >= 0.6 is 24.0 Å². The van der Waals surface area contributed by atoms with Gasteiger partial charge in [-0.1, -0.05) is 0 Å². The number of rotatable bonds is 6. The summed E-state index contributed by atoms with van der Waals surface area (Å²) in [5.74, 6) is 0.332. The first-order chi connectivity index (χ1) is 13.2. The molecule has 0 bridgehead atoms. The summed E-state index contributed by atoms with van der Waals surface area (Å²) in [6, 6.07) is 0. The molecule has 1 fully saturated rings. The van der Waals surface area contributed by atoms with Crippen LogP contribution in [0.3, 0.4) is 0 Å². The Kier molecular flexibility index (Phi) is 11.4. The highest BCUT2D eigenvalue weighted by atomic mass is 127. The van der Waals surface area contributed by atoms with Gasteiger partial charge in [-0.15, -0.1) is 24.0 Å². The van der Waals surface area contributed by atoms with Crippen molar-refractivity contribution in [3.05, 3.63) is 0 Å². The number of guanidine groups is 1. The quantitative estimate of drug-likeness (QED) is 0.289. The summed E-state index contributed by atoms with van der Waals surface area (Å²) in [7, 11) is -3.55. The number of nitrogens with one attached hydrogen (secondary N) is 2. The Bertz CT molecular complexity index is 688. The zero-order chi connectivity index (χ0) is 22.5. The van der Waals surface area contributed by atoms with Gasteiger partial charge in [-0.2, -0.15) is 17.5 Å². The van der Waals surface area contributed by atoms with Gasteiger partial charge in [-0.25, -0.2) is 8.42 Å². The molecule has 1 saturated heterocycles. The SMILES string of the molecule is CCNC(=NCC1CCN(S(=O)(=O)C(F)(F)F)CC1)N(C)CC(=O)NC(C)(C)C.I. The second-order valence-electron chi connectivity index (χ2n) is 8.14. The molecule has 2 N–H and O–H groups in total. The summed E-state index contributed by atoms with van der Waals surface area (Å²) in [6.45, 7) is 8.22. The molecular weight excluding hydrogens is 538 g/mol. The largest absolute Gasteiger partial charge is 0.511 e. The molecule has 0 spiro atoms. The van der Waals surface area contributed by atoms with Crippen molar-refractivity contribution in [2.24, 2.45) is 10.9 Å². The first kappa shape index (κ1) is 29.2. The highest BCUT2D eigenvalue weighted by Crippen LogP contribution is 2.30. The van der Waals surface area contributed by atoms with Gasteiger partial charge in [0, 0.05) is 38.8 Å². The third kappa shape index (κ3) is 9.12. The molecule has 1 aliphatic heterocycles. The molecule has 13 heteroatoms. The number of likely N-dealkylation sites (N-methyl/N-ethyl adjacent to an activating group) is 1. The van der Waals surface area contributed by atoms with Crippen LogP contribution in [0, 0.1) is 5.92 Å². The van der Waals surface area contributed by atoms with E-state index in [9.17, 15) is 26.4 Å². The van der Waals surface area contributed by atoms with Crippen molar-refractivity contribution in [3.63, 3.8) is 0 Å². The first-order valence-corrected chi connectivity index (χ1v) is 11.0. The number of carbonyl (C=O) groups excluding carboxylic acids is 1. The van der Waals surface area contributed by atoms with E-state index in [0.717, 1.165) is 0 Å². The van der Waals surface area contributed by atoms with Gasteiger partial charge in [0.15, 0.2) is 5.96 Å². The summed E-state index contributed by atoms with van der Waals surface area (Å²) in [6.07, 6.45) is 0.596. The van der Waals surface area contributed by atoms with Crippen LogP contribution in [-0.4, -0.2) is 80.3 Å². The minimum absolute atomic E-state index is 0. The van der Waals surface area contributed by atoms with Gasteiger partial charge in [-0.3, -0.25) is 9.79 Å². The molecule has 1 aliphatic rings. The topological polar surface area (TPSA) is 94.1 Å². The van der Waals surface area contributed by atoms with Crippen LogP contribution < -0.4 is 10.6 Å². The average molecular weight is 571 g/mol. The summed E-state index contributed by atoms with van der Waals surface area (Å²) in [5, 5.41) is 5.95. The van der Waals surface area contributed by atoms with Gasteiger partial charge in [0.25, 0.3) is 0 Å². The molecule has 0 unspecified atom stereocenters. The van der Waals surface area contributed by atoms with Gasteiger partial charge in [-0.05, 0) is 46.5 Å². The second-order valence-corrected chi connectivity index (χ2v) is 10.1. The Morgan fingerprint density at radius 2 is 1.73 bits per heavy atom. The predicted molar refractivity (Wildman–Crippen MR) is 121 cm³/mol. The summed E-state index contributed by atoms with van der Waals surface area (Å²) >= 11 is 0. The number of amides is 1. The van der Waals surface area contributed by atoms with Crippen molar-refractivity contribution >= 4 is 45.9 Å². The van der Waals surface area contributed by atoms with Crippen LogP contribution in [0.25, 0.3) is 0 Å². The van der Waals surface area contributed by atoms with Gasteiger partial charge in [0.05, 0.1) is 6.54 Å². The Hall–Kier alpha value is -0.830. The summed E-state index contributed by atoms with van der Waals surface area (Å²) in [4.78, 5) is 18.3. The van der Waals surface area contributed by atoms with E-state index in [-0.39, 0.29) is 61.0 Å². The number of sulfonamides is 1. The molecule has 0 atom stereocenters. The molecule has 1 heterocycles. The lowest BCUT2D eigenvalue weighted by Crippen LogP contribution is -2.49. The number of piperidine rings is 1. The highest BCUT2D eigenvalue weighted by Gasteiger charge is 2.50. The third-order valence-corrected chi connectivity index (χ3v) is 5.93. The van der Waals surface area contributed by atoms with Gasteiger partial charge >= 0.3 is 15.5 Å². The Balaban J connectivity index is 0.00000841.